The van der Waals surface area contributed by atoms with Crippen molar-refractivity contribution in [3.63, 3.8) is 0 Å². The van der Waals surface area contributed by atoms with Crippen LogP contribution in [0.3, 0.4) is 0 Å². The van der Waals surface area contributed by atoms with E-state index in [2.05, 4.69) is 47.6 Å². The van der Waals surface area contributed by atoms with Crippen molar-refractivity contribution in [3.8, 4) is 0 Å². The molecule has 94 valence electrons. The molecule has 0 unspecified atom stereocenters. The van der Waals surface area contributed by atoms with Crippen LogP contribution in [0.25, 0.3) is 0 Å². The Kier molecular flexibility index (Phi) is 4.79. The Morgan fingerprint density at radius 3 is 2.67 bits per heavy atom. The van der Waals surface area contributed by atoms with Crippen molar-refractivity contribution in [2.24, 2.45) is 0 Å². The maximum absolute atomic E-state index is 4.46. The fraction of sp³-hybridized carbons (Fsp3) is 0.267. The Balaban J connectivity index is 2.08. The van der Waals surface area contributed by atoms with Crippen LogP contribution < -0.4 is 5.32 Å². The third-order valence-electron chi connectivity index (χ3n) is 2.84. The molecule has 0 aliphatic heterocycles. The first kappa shape index (κ1) is 13.1. The summed E-state index contributed by atoms with van der Waals surface area (Å²) in [4.78, 5) is 4.46. The molecule has 0 bridgehead atoms. The molecule has 2 rings (SSSR count). The monoisotopic (exact) mass is 258 g/mol. The molecule has 1 heterocycles. The van der Waals surface area contributed by atoms with Gasteiger partial charge in [0.05, 0.1) is 0 Å². The number of hydrogen-bond donors (Lipinski definition) is 1. The van der Waals surface area contributed by atoms with Gasteiger partial charge in [-0.2, -0.15) is 0 Å². The highest BCUT2D eigenvalue weighted by Gasteiger charge is 2.04. The summed E-state index contributed by atoms with van der Waals surface area (Å²) in [6, 6.07) is 12.6. The van der Waals surface area contributed by atoms with Crippen LogP contribution in [0, 0.1) is 6.92 Å². The lowest BCUT2D eigenvalue weighted by atomic mass is 10.1. The van der Waals surface area contributed by atoms with Gasteiger partial charge in [0.2, 0.25) is 0 Å². The number of nitrogens with zero attached hydrogens (tertiary/aromatic N) is 1. The maximum atomic E-state index is 4.46. The van der Waals surface area contributed by atoms with Gasteiger partial charge in [-0.25, -0.2) is 4.98 Å². The fourth-order valence-corrected chi connectivity index (χ4v) is 2.87. The summed E-state index contributed by atoms with van der Waals surface area (Å²) in [7, 11) is 1.96. The van der Waals surface area contributed by atoms with Crippen molar-refractivity contribution >= 4 is 11.8 Å². The minimum Gasteiger partial charge on any atom is -0.316 e. The summed E-state index contributed by atoms with van der Waals surface area (Å²) < 4.78 is 0. The van der Waals surface area contributed by atoms with E-state index >= 15 is 0 Å². The van der Waals surface area contributed by atoms with E-state index in [1.165, 1.54) is 16.7 Å². The molecule has 0 amide bonds. The maximum Gasteiger partial charge on any atom is 0.101 e. The molecule has 1 aromatic heterocycles. The first-order valence-electron chi connectivity index (χ1n) is 6.07. The zero-order valence-electron chi connectivity index (χ0n) is 10.8. The van der Waals surface area contributed by atoms with Crippen molar-refractivity contribution in [2.75, 3.05) is 7.05 Å². The Bertz CT molecular complexity index is 511. The van der Waals surface area contributed by atoms with Gasteiger partial charge in [-0.05, 0) is 36.7 Å². The lowest BCUT2D eigenvalue weighted by Gasteiger charge is -2.08. The fourth-order valence-electron chi connectivity index (χ4n) is 1.80. The lowest BCUT2D eigenvalue weighted by Crippen LogP contribution is -2.06. The van der Waals surface area contributed by atoms with Crippen LogP contribution in [0.5, 0.6) is 0 Å². The summed E-state index contributed by atoms with van der Waals surface area (Å²) in [6.07, 6.45) is 1.86. The predicted octanol–water partition coefficient (Wildman–Crippen LogP) is 3.40. The molecule has 3 heteroatoms. The number of aryl methyl sites for hydroxylation is 1. The molecule has 0 spiro atoms. The van der Waals surface area contributed by atoms with Crippen LogP contribution in [0.1, 0.15) is 16.7 Å². The van der Waals surface area contributed by atoms with Gasteiger partial charge in [0, 0.05) is 18.5 Å². The topological polar surface area (TPSA) is 24.9 Å². The van der Waals surface area contributed by atoms with E-state index in [0.29, 0.717) is 0 Å². The minimum absolute atomic E-state index is 0.865. The van der Waals surface area contributed by atoms with Crippen LogP contribution in [0.4, 0.5) is 0 Å². The highest BCUT2D eigenvalue weighted by atomic mass is 32.2. The molecule has 0 aliphatic carbocycles. The third-order valence-corrected chi connectivity index (χ3v) is 3.94. The highest BCUT2D eigenvalue weighted by molar-refractivity contribution is 7.98. The molecule has 0 saturated carbocycles. The molecule has 0 atom stereocenters. The van der Waals surface area contributed by atoms with Gasteiger partial charge < -0.3 is 5.32 Å². The lowest BCUT2D eigenvalue weighted by molar-refractivity contribution is 0.789. The molecular weight excluding hydrogens is 240 g/mol. The van der Waals surface area contributed by atoms with E-state index in [0.717, 1.165) is 17.3 Å². The van der Waals surface area contributed by atoms with Crippen LogP contribution in [-0.4, -0.2) is 12.0 Å². The number of benzene rings is 1. The van der Waals surface area contributed by atoms with Gasteiger partial charge in [-0.3, -0.25) is 0 Å². The number of thioether (sulfide) groups is 1. The second-order valence-corrected chi connectivity index (χ2v) is 5.18. The van der Waals surface area contributed by atoms with E-state index in [1.807, 2.05) is 19.3 Å². The SMILES string of the molecule is CNCc1cccnc1SCc1ccccc1C. The molecule has 0 radical (unpaired) electrons. The summed E-state index contributed by atoms with van der Waals surface area (Å²) in [5.74, 6) is 0.973. The number of hydrogen-bond acceptors (Lipinski definition) is 3. The van der Waals surface area contributed by atoms with E-state index in [9.17, 15) is 0 Å². The van der Waals surface area contributed by atoms with Gasteiger partial charge in [0.25, 0.3) is 0 Å². The van der Waals surface area contributed by atoms with Crippen LogP contribution in [0.15, 0.2) is 47.6 Å². The quantitative estimate of drug-likeness (QED) is 0.832. The number of aromatic nitrogens is 1. The van der Waals surface area contributed by atoms with Gasteiger partial charge >= 0.3 is 0 Å². The first-order chi connectivity index (χ1) is 8.81. The number of rotatable bonds is 5. The molecule has 1 N–H and O–H groups in total. The standard InChI is InChI=1S/C15H18N2S/c1-12-6-3-4-7-14(12)11-18-15-13(10-16-2)8-5-9-17-15/h3-9,16H,10-11H2,1-2H3. The summed E-state index contributed by atoms with van der Waals surface area (Å²) >= 11 is 1.80. The van der Waals surface area contributed by atoms with Crippen molar-refractivity contribution in [1.29, 1.82) is 0 Å². The number of pyridine rings is 1. The molecule has 0 saturated heterocycles. The second kappa shape index (κ2) is 6.57. The van der Waals surface area contributed by atoms with Gasteiger partial charge in [0.15, 0.2) is 0 Å². The summed E-state index contributed by atoms with van der Waals surface area (Å²) in [5.41, 5.74) is 3.98. The Morgan fingerprint density at radius 2 is 1.89 bits per heavy atom. The predicted molar refractivity (Wildman–Crippen MR) is 77.7 cm³/mol. The van der Waals surface area contributed by atoms with E-state index < -0.39 is 0 Å². The molecule has 1 aromatic carbocycles. The Hall–Kier alpha value is -1.32. The Labute approximate surface area is 113 Å². The summed E-state index contributed by atoms with van der Waals surface area (Å²) in [5, 5.41) is 4.30. The molecule has 0 aliphatic rings. The van der Waals surface area contributed by atoms with Crippen LogP contribution in [0.2, 0.25) is 0 Å². The van der Waals surface area contributed by atoms with Crippen molar-refractivity contribution in [2.45, 2.75) is 24.2 Å². The van der Waals surface area contributed by atoms with Crippen LogP contribution in [-0.2, 0) is 12.3 Å². The minimum atomic E-state index is 0.865. The van der Waals surface area contributed by atoms with E-state index in [4.69, 9.17) is 0 Å². The molecule has 2 aromatic rings. The average molecular weight is 258 g/mol. The normalized spacial score (nSPS) is 10.6. The zero-order valence-corrected chi connectivity index (χ0v) is 11.6. The van der Waals surface area contributed by atoms with Crippen LogP contribution >= 0.6 is 11.8 Å². The van der Waals surface area contributed by atoms with E-state index in [1.54, 1.807) is 11.8 Å². The highest BCUT2D eigenvalue weighted by Crippen LogP contribution is 2.25. The van der Waals surface area contributed by atoms with Crippen molar-refractivity contribution in [3.05, 3.63) is 59.3 Å². The first-order valence-corrected chi connectivity index (χ1v) is 7.05. The molecule has 18 heavy (non-hydrogen) atoms. The smallest absolute Gasteiger partial charge is 0.101 e. The summed E-state index contributed by atoms with van der Waals surface area (Å²) in [6.45, 7) is 3.02. The van der Waals surface area contributed by atoms with Gasteiger partial charge in [-0.15, -0.1) is 11.8 Å². The zero-order chi connectivity index (χ0) is 12.8. The average Bonchev–Trinajstić information content (AvgIpc) is 2.40. The number of nitrogens with one attached hydrogen (secondary N) is 1. The molecule has 0 fully saturated rings. The molecular formula is C15H18N2S. The van der Waals surface area contributed by atoms with Gasteiger partial charge in [-0.1, -0.05) is 30.3 Å². The largest absolute Gasteiger partial charge is 0.316 e. The third kappa shape index (κ3) is 3.34. The van der Waals surface area contributed by atoms with Gasteiger partial charge in [0.1, 0.15) is 5.03 Å². The Morgan fingerprint density at radius 1 is 1.11 bits per heavy atom. The molecule has 2 nitrogen and oxygen atoms in total. The van der Waals surface area contributed by atoms with Crippen molar-refractivity contribution in [1.82, 2.24) is 10.3 Å². The van der Waals surface area contributed by atoms with E-state index in [-0.39, 0.29) is 0 Å². The second-order valence-electron chi connectivity index (χ2n) is 4.21. The van der Waals surface area contributed by atoms with Crippen molar-refractivity contribution < 1.29 is 0 Å².